The maximum Gasteiger partial charge on any atom is 0.162 e. The summed E-state index contributed by atoms with van der Waals surface area (Å²) in [5.74, 6) is 3.69. The summed E-state index contributed by atoms with van der Waals surface area (Å²) in [5, 5.41) is 4.25. The van der Waals surface area contributed by atoms with Crippen molar-refractivity contribution in [3.05, 3.63) is 78.0 Å². The fraction of sp³-hybridized carbons (Fsp3) is 0.250. The SMILES string of the molecule is CCc1cccc(C)c1OCCNc1ccc(Oc2ccnc3cc(OC)c(OC)cc23)cc1. The molecule has 4 aromatic rings. The molecule has 1 heterocycles. The highest BCUT2D eigenvalue weighted by Gasteiger charge is 2.11. The maximum atomic E-state index is 6.15. The van der Waals surface area contributed by atoms with E-state index in [-0.39, 0.29) is 0 Å². The Labute approximate surface area is 200 Å². The van der Waals surface area contributed by atoms with Gasteiger partial charge in [0, 0.05) is 29.9 Å². The Morgan fingerprint density at radius 2 is 1.65 bits per heavy atom. The minimum absolute atomic E-state index is 0.588. The van der Waals surface area contributed by atoms with E-state index in [0.717, 1.165) is 34.5 Å². The lowest BCUT2D eigenvalue weighted by molar-refractivity contribution is 0.327. The molecule has 6 nitrogen and oxygen atoms in total. The van der Waals surface area contributed by atoms with Crippen LogP contribution in [0.1, 0.15) is 18.1 Å². The van der Waals surface area contributed by atoms with Crippen molar-refractivity contribution in [2.75, 3.05) is 32.7 Å². The van der Waals surface area contributed by atoms with Gasteiger partial charge in [0.1, 0.15) is 23.9 Å². The molecule has 0 fully saturated rings. The second-order valence-electron chi connectivity index (χ2n) is 7.85. The molecule has 0 atom stereocenters. The first kappa shape index (κ1) is 23.2. The standard InChI is InChI=1S/C28H30N2O4/c1-5-20-8-6-7-19(2)28(20)33-16-15-29-21-9-11-22(12-10-21)34-25-13-14-30-24-18-27(32-4)26(31-3)17-23(24)25/h6-14,17-18,29H,5,15-16H2,1-4H3. The zero-order valence-corrected chi connectivity index (χ0v) is 20.1. The zero-order valence-electron chi connectivity index (χ0n) is 20.1. The fourth-order valence-electron chi connectivity index (χ4n) is 3.85. The van der Waals surface area contributed by atoms with E-state index in [9.17, 15) is 0 Å². The Hall–Kier alpha value is -3.93. The second kappa shape index (κ2) is 10.8. The Morgan fingerprint density at radius 1 is 0.882 bits per heavy atom. The molecule has 3 aromatic carbocycles. The third-order valence-electron chi connectivity index (χ3n) is 5.64. The van der Waals surface area contributed by atoms with Crippen LogP contribution in [0, 0.1) is 6.92 Å². The van der Waals surface area contributed by atoms with Crippen molar-refractivity contribution in [3.63, 3.8) is 0 Å². The van der Waals surface area contributed by atoms with Crippen LogP contribution in [0.4, 0.5) is 5.69 Å². The van der Waals surface area contributed by atoms with Crippen LogP contribution in [0.2, 0.25) is 0 Å². The van der Waals surface area contributed by atoms with Crippen LogP contribution in [0.3, 0.4) is 0 Å². The number of ether oxygens (including phenoxy) is 4. The minimum Gasteiger partial charge on any atom is -0.493 e. The van der Waals surface area contributed by atoms with Gasteiger partial charge in [0.05, 0.1) is 19.7 Å². The van der Waals surface area contributed by atoms with Gasteiger partial charge in [-0.3, -0.25) is 4.98 Å². The first-order valence-electron chi connectivity index (χ1n) is 11.4. The van der Waals surface area contributed by atoms with Gasteiger partial charge < -0.3 is 24.3 Å². The van der Waals surface area contributed by atoms with E-state index >= 15 is 0 Å². The predicted molar refractivity (Wildman–Crippen MR) is 136 cm³/mol. The second-order valence-corrected chi connectivity index (χ2v) is 7.85. The molecular weight excluding hydrogens is 428 g/mol. The van der Waals surface area contributed by atoms with Crippen molar-refractivity contribution < 1.29 is 18.9 Å². The van der Waals surface area contributed by atoms with Gasteiger partial charge in [-0.1, -0.05) is 25.1 Å². The van der Waals surface area contributed by atoms with E-state index in [1.54, 1.807) is 20.4 Å². The lowest BCUT2D eigenvalue weighted by atomic mass is 10.1. The minimum atomic E-state index is 0.588. The average Bonchev–Trinajstić information content (AvgIpc) is 2.87. The molecule has 34 heavy (non-hydrogen) atoms. The third-order valence-corrected chi connectivity index (χ3v) is 5.64. The van der Waals surface area contributed by atoms with Crippen molar-refractivity contribution in [3.8, 4) is 28.7 Å². The smallest absolute Gasteiger partial charge is 0.162 e. The monoisotopic (exact) mass is 458 g/mol. The molecule has 4 rings (SSSR count). The van der Waals surface area contributed by atoms with Crippen molar-refractivity contribution >= 4 is 16.6 Å². The molecule has 0 amide bonds. The number of pyridine rings is 1. The number of hydrogen-bond acceptors (Lipinski definition) is 6. The number of nitrogens with zero attached hydrogens (tertiary/aromatic N) is 1. The van der Waals surface area contributed by atoms with Gasteiger partial charge in [-0.2, -0.15) is 0 Å². The lowest BCUT2D eigenvalue weighted by Gasteiger charge is -2.14. The fourth-order valence-corrected chi connectivity index (χ4v) is 3.85. The molecule has 0 aliphatic carbocycles. The first-order valence-corrected chi connectivity index (χ1v) is 11.4. The molecule has 0 spiro atoms. The topological polar surface area (TPSA) is 61.8 Å². The van der Waals surface area contributed by atoms with E-state index < -0.39 is 0 Å². The number of aryl methyl sites for hydroxylation is 2. The summed E-state index contributed by atoms with van der Waals surface area (Å²) in [7, 11) is 3.22. The quantitative estimate of drug-likeness (QED) is 0.277. The van der Waals surface area contributed by atoms with Gasteiger partial charge in [0.15, 0.2) is 11.5 Å². The highest BCUT2D eigenvalue weighted by atomic mass is 16.5. The number of benzene rings is 3. The molecule has 1 N–H and O–H groups in total. The number of fused-ring (bicyclic) bond motifs is 1. The summed E-state index contributed by atoms with van der Waals surface area (Å²) < 4.78 is 23.0. The van der Waals surface area contributed by atoms with E-state index in [2.05, 4.69) is 42.3 Å². The number of aromatic nitrogens is 1. The summed E-state index contributed by atoms with van der Waals surface area (Å²) in [6, 6.07) is 19.7. The van der Waals surface area contributed by atoms with Crippen LogP contribution in [-0.2, 0) is 6.42 Å². The van der Waals surface area contributed by atoms with Crippen LogP contribution in [0.15, 0.2) is 66.9 Å². The number of rotatable bonds is 10. The summed E-state index contributed by atoms with van der Waals surface area (Å²) in [6.07, 6.45) is 2.68. The molecule has 0 bridgehead atoms. The molecular formula is C28H30N2O4. The Morgan fingerprint density at radius 3 is 2.38 bits per heavy atom. The summed E-state index contributed by atoms with van der Waals surface area (Å²) in [6.45, 7) is 5.52. The molecule has 0 saturated carbocycles. The van der Waals surface area contributed by atoms with Crippen molar-refractivity contribution in [1.29, 1.82) is 0 Å². The van der Waals surface area contributed by atoms with Crippen molar-refractivity contribution in [2.45, 2.75) is 20.3 Å². The molecule has 6 heteroatoms. The van der Waals surface area contributed by atoms with Crippen LogP contribution in [0.5, 0.6) is 28.7 Å². The van der Waals surface area contributed by atoms with Crippen LogP contribution in [-0.4, -0.2) is 32.4 Å². The van der Waals surface area contributed by atoms with E-state index in [1.165, 1.54) is 11.1 Å². The zero-order chi connectivity index (χ0) is 23.9. The molecule has 0 unspecified atom stereocenters. The van der Waals surface area contributed by atoms with Gasteiger partial charge in [0.25, 0.3) is 0 Å². The number of methoxy groups -OCH3 is 2. The molecule has 0 aliphatic rings. The Bertz CT molecular complexity index is 1260. The molecule has 176 valence electrons. The van der Waals surface area contributed by atoms with E-state index in [4.69, 9.17) is 18.9 Å². The Kier molecular flexibility index (Phi) is 7.38. The Balaban J connectivity index is 1.38. The molecule has 0 aliphatic heterocycles. The largest absolute Gasteiger partial charge is 0.493 e. The van der Waals surface area contributed by atoms with Crippen LogP contribution in [0.25, 0.3) is 10.9 Å². The van der Waals surface area contributed by atoms with Gasteiger partial charge in [-0.15, -0.1) is 0 Å². The number of para-hydroxylation sites is 1. The van der Waals surface area contributed by atoms with Crippen molar-refractivity contribution in [2.24, 2.45) is 0 Å². The van der Waals surface area contributed by atoms with Gasteiger partial charge >= 0.3 is 0 Å². The van der Waals surface area contributed by atoms with Gasteiger partial charge in [-0.05, 0) is 60.9 Å². The normalized spacial score (nSPS) is 10.7. The number of nitrogens with one attached hydrogen (secondary N) is 1. The maximum absolute atomic E-state index is 6.15. The molecule has 1 aromatic heterocycles. The highest BCUT2D eigenvalue weighted by Crippen LogP contribution is 2.37. The number of anilines is 1. The first-order chi connectivity index (χ1) is 16.6. The summed E-state index contributed by atoms with van der Waals surface area (Å²) in [5.41, 5.74) is 4.18. The average molecular weight is 459 g/mol. The predicted octanol–water partition coefficient (Wildman–Crippen LogP) is 6.41. The van der Waals surface area contributed by atoms with Gasteiger partial charge in [-0.25, -0.2) is 0 Å². The summed E-state index contributed by atoms with van der Waals surface area (Å²) in [4.78, 5) is 4.42. The molecule has 0 saturated heterocycles. The molecule has 0 radical (unpaired) electrons. The summed E-state index contributed by atoms with van der Waals surface area (Å²) >= 11 is 0. The third kappa shape index (κ3) is 5.17. The van der Waals surface area contributed by atoms with Crippen LogP contribution < -0.4 is 24.3 Å². The van der Waals surface area contributed by atoms with E-state index in [0.29, 0.717) is 30.4 Å². The van der Waals surface area contributed by atoms with Gasteiger partial charge in [0.2, 0.25) is 0 Å². The lowest BCUT2D eigenvalue weighted by Crippen LogP contribution is -2.12. The van der Waals surface area contributed by atoms with Crippen LogP contribution >= 0.6 is 0 Å². The van der Waals surface area contributed by atoms with E-state index in [1.807, 2.05) is 42.5 Å². The number of hydrogen-bond donors (Lipinski definition) is 1. The van der Waals surface area contributed by atoms with Crippen molar-refractivity contribution in [1.82, 2.24) is 4.98 Å². The highest BCUT2D eigenvalue weighted by molar-refractivity contribution is 5.88.